The predicted molar refractivity (Wildman–Crippen MR) is 97.0 cm³/mol. The minimum Gasteiger partial charge on any atom is -0.494 e. The van der Waals surface area contributed by atoms with Gasteiger partial charge < -0.3 is 14.5 Å². The molecule has 0 aliphatic heterocycles. The molecule has 5 nitrogen and oxygen atoms in total. The smallest absolute Gasteiger partial charge is 0.340 e. The fraction of sp³-hybridized carbons (Fsp3) is 0.316. The number of Topliss-reactive ketones (excluding diaryl/α,β-unsaturated/α-hetero) is 1. The first-order valence-electron chi connectivity index (χ1n) is 8.30. The van der Waals surface area contributed by atoms with Crippen LogP contribution in [0.4, 0.5) is 0 Å². The Kier molecular flexibility index (Phi) is 6.94. The monoisotopic (exact) mass is 362 g/mol. The maximum atomic E-state index is 12.7. The quantitative estimate of drug-likeness (QED) is 0.393. The highest BCUT2D eigenvalue weighted by Crippen LogP contribution is 2.53. The summed E-state index contributed by atoms with van der Waals surface area (Å²) in [5, 5.41) is 0. The van der Waals surface area contributed by atoms with Gasteiger partial charge in [0.05, 0.1) is 6.61 Å². The first-order chi connectivity index (χ1) is 11.9. The van der Waals surface area contributed by atoms with Crippen LogP contribution in [0.3, 0.4) is 0 Å². The molecule has 0 radical (unpaired) electrons. The number of ketones is 1. The van der Waals surface area contributed by atoms with Crippen molar-refractivity contribution in [3.8, 4) is 5.75 Å². The van der Waals surface area contributed by atoms with E-state index in [-0.39, 0.29) is 5.56 Å². The van der Waals surface area contributed by atoms with Crippen LogP contribution < -0.4 is 4.74 Å². The van der Waals surface area contributed by atoms with Gasteiger partial charge in [-0.15, -0.1) is 0 Å². The Morgan fingerprint density at radius 1 is 1.04 bits per heavy atom. The van der Waals surface area contributed by atoms with Crippen LogP contribution in [0.2, 0.25) is 0 Å². The molecule has 6 heteroatoms. The van der Waals surface area contributed by atoms with E-state index in [4.69, 9.17) is 4.74 Å². The highest BCUT2D eigenvalue weighted by Gasteiger charge is 2.37. The van der Waals surface area contributed by atoms with E-state index in [9.17, 15) is 19.1 Å². The molecule has 2 N–H and O–H groups in total. The molecule has 0 saturated heterocycles. The third-order valence-electron chi connectivity index (χ3n) is 3.86. The molecule has 2 aromatic carbocycles. The van der Waals surface area contributed by atoms with Gasteiger partial charge in [0.2, 0.25) is 0 Å². The summed E-state index contributed by atoms with van der Waals surface area (Å²) < 4.78 is 17.5. The molecule has 0 aromatic heterocycles. The van der Waals surface area contributed by atoms with Gasteiger partial charge in [-0.05, 0) is 36.2 Å². The Morgan fingerprint density at radius 3 is 2.24 bits per heavy atom. The van der Waals surface area contributed by atoms with Crippen LogP contribution in [0, 0.1) is 0 Å². The zero-order chi connectivity index (χ0) is 18.3. The van der Waals surface area contributed by atoms with Gasteiger partial charge >= 0.3 is 7.60 Å². The molecule has 25 heavy (non-hydrogen) atoms. The van der Waals surface area contributed by atoms with Gasteiger partial charge in [0.15, 0.2) is 5.78 Å². The van der Waals surface area contributed by atoms with Crippen LogP contribution in [0.5, 0.6) is 5.75 Å². The normalized spacial score (nSPS) is 12.6. The second kappa shape index (κ2) is 8.95. The Bertz CT molecular complexity index is 721. The second-order valence-electron chi connectivity index (χ2n) is 5.85. The zero-order valence-electron chi connectivity index (χ0n) is 14.2. The van der Waals surface area contributed by atoms with Crippen LogP contribution in [0.25, 0.3) is 0 Å². The van der Waals surface area contributed by atoms with E-state index in [1.54, 1.807) is 54.6 Å². The fourth-order valence-corrected chi connectivity index (χ4v) is 3.56. The molecule has 2 rings (SSSR count). The Morgan fingerprint density at radius 2 is 1.68 bits per heavy atom. The summed E-state index contributed by atoms with van der Waals surface area (Å²) >= 11 is 0. The molecule has 134 valence electrons. The number of unbranched alkanes of at least 4 members (excludes halogenated alkanes) is 2. The van der Waals surface area contributed by atoms with E-state index in [2.05, 4.69) is 6.92 Å². The first kappa shape index (κ1) is 19.4. The Balaban J connectivity index is 2.15. The molecule has 0 fully saturated rings. The van der Waals surface area contributed by atoms with E-state index >= 15 is 0 Å². The molecule has 0 amide bonds. The minimum absolute atomic E-state index is 0.248. The van der Waals surface area contributed by atoms with Crippen molar-refractivity contribution in [3.63, 3.8) is 0 Å². The molecule has 1 unspecified atom stereocenters. The van der Waals surface area contributed by atoms with Crippen molar-refractivity contribution in [2.24, 2.45) is 0 Å². The van der Waals surface area contributed by atoms with Gasteiger partial charge in [0.25, 0.3) is 0 Å². The number of carbonyl (C=O) groups is 1. The van der Waals surface area contributed by atoms with Crippen molar-refractivity contribution in [2.75, 3.05) is 6.61 Å². The predicted octanol–water partition coefficient (Wildman–Crippen LogP) is 4.36. The fourth-order valence-electron chi connectivity index (χ4n) is 2.55. The molecular formula is C19H23O5P. The van der Waals surface area contributed by atoms with Crippen molar-refractivity contribution in [3.05, 3.63) is 65.7 Å². The minimum atomic E-state index is -4.64. The number of rotatable bonds is 9. The topological polar surface area (TPSA) is 83.8 Å². The summed E-state index contributed by atoms with van der Waals surface area (Å²) in [7, 11) is -4.64. The van der Waals surface area contributed by atoms with Crippen LogP contribution in [-0.2, 0) is 4.57 Å². The van der Waals surface area contributed by atoms with Crippen molar-refractivity contribution in [1.82, 2.24) is 0 Å². The maximum absolute atomic E-state index is 12.7. The second-order valence-corrected chi connectivity index (χ2v) is 7.54. The molecule has 0 aliphatic rings. The van der Waals surface area contributed by atoms with Gasteiger partial charge in [-0.1, -0.05) is 50.1 Å². The lowest BCUT2D eigenvalue weighted by atomic mass is 10.0. The summed E-state index contributed by atoms with van der Waals surface area (Å²) in [5.41, 5.74) is -0.941. The lowest BCUT2D eigenvalue weighted by Crippen LogP contribution is -2.13. The van der Waals surface area contributed by atoms with Crippen LogP contribution >= 0.6 is 7.60 Å². The SMILES string of the molecule is CCCCCOc1ccc(C(=O)C(c2ccccc2)P(=O)(O)O)cc1. The van der Waals surface area contributed by atoms with E-state index in [0.717, 1.165) is 19.3 Å². The van der Waals surface area contributed by atoms with Crippen molar-refractivity contribution in [1.29, 1.82) is 0 Å². The van der Waals surface area contributed by atoms with Gasteiger partial charge in [-0.25, -0.2) is 0 Å². The third kappa shape index (κ3) is 5.53. The van der Waals surface area contributed by atoms with Gasteiger partial charge in [0, 0.05) is 5.56 Å². The van der Waals surface area contributed by atoms with Crippen LogP contribution in [0.15, 0.2) is 54.6 Å². The third-order valence-corrected chi connectivity index (χ3v) is 5.06. The molecule has 0 spiro atoms. The average Bonchev–Trinajstić information content (AvgIpc) is 2.59. The number of ether oxygens (including phenoxy) is 1. The summed E-state index contributed by atoms with van der Waals surface area (Å²) in [6, 6.07) is 14.5. The van der Waals surface area contributed by atoms with Crippen LogP contribution in [-0.4, -0.2) is 22.2 Å². The van der Waals surface area contributed by atoms with Crippen molar-refractivity contribution in [2.45, 2.75) is 31.8 Å². The van der Waals surface area contributed by atoms with Crippen molar-refractivity contribution < 1.29 is 23.9 Å². The van der Waals surface area contributed by atoms with Gasteiger partial charge in [-0.3, -0.25) is 9.36 Å². The highest BCUT2D eigenvalue weighted by atomic mass is 31.2. The summed E-state index contributed by atoms with van der Waals surface area (Å²) in [5.74, 6) is 0.0390. The van der Waals surface area contributed by atoms with Gasteiger partial charge in [0.1, 0.15) is 11.4 Å². The molecule has 2 aromatic rings. The van der Waals surface area contributed by atoms with E-state index in [1.807, 2.05) is 0 Å². The van der Waals surface area contributed by atoms with E-state index in [0.29, 0.717) is 17.9 Å². The largest absolute Gasteiger partial charge is 0.494 e. The summed E-state index contributed by atoms with van der Waals surface area (Å²) in [4.78, 5) is 32.0. The molecule has 0 saturated carbocycles. The molecule has 1 atom stereocenters. The summed E-state index contributed by atoms with van der Waals surface area (Å²) in [6.07, 6.45) is 3.17. The number of benzene rings is 2. The standard InChI is InChI=1S/C19H23O5P/c1-2-3-7-14-24-17-12-10-15(11-13-17)18(20)19(25(21,22)23)16-8-5-4-6-9-16/h4-6,8-13,19H,2-3,7,14H2,1H3,(H2,21,22,23). The van der Waals surface area contributed by atoms with E-state index < -0.39 is 19.0 Å². The molecule has 0 heterocycles. The number of hydrogen-bond donors (Lipinski definition) is 2. The van der Waals surface area contributed by atoms with E-state index in [1.165, 1.54) is 0 Å². The number of hydrogen-bond acceptors (Lipinski definition) is 3. The van der Waals surface area contributed by atoms with Crippen LogP contribution in [0.1, 0.15) is 47.8 Å². The van der Waals surface area contributed by atoms with Gasteiger partial charge in [-0.2, -0.15) is 0 Å². The lowest BCUT2D eigenvalue weighted by molar-refractivity contribution is 0.0978. The van der Waals surface area contributed by atoms with Crippen molar-refractivity contribution >= 4 is 13.4 Å². The highest BCUT2D eigenvalue weighted by molar-refractivity contribution is 7.53. The Hall–Kier alpha value is -1.94. The summed E-state index contributed by atoms with van der Waals surface area (Å²) in [6.45, 7) is 2.72. The molecular weight excluding hydrogens is 339 g/mol. The maximum Gasteiger partial charge on any atom is 0.340 e. The Labute approximate surface area is 147 Å². The lowest BCUT2D eigenvalue weighted by Gasteiger charge is -2.18. The average molecular weight is 362 g/mol. The molecule has 0 bridgehead atoms. The molecule has 0 aliphatic carbocycles. The zero-order valence-corrected chi connectivity index (χ0v) is 15.1. The number of carbonyl (C=O) groups excluding carboxylic acids is 1. The first-order valence-corrected chi connectivity index (χ1v) is 9.99.